The molecule has 1 N–H and O–H groups in total. The summed E-state index contributed by atoms with van der Waals surface area (Å²) in [5.41, 5.74) is 2.64. The molecule has 0 saturated carbocycles. The summed E-state index contributed by atoms with van der Waals surface area (Å²) in [7, 11) is 0. The number of carbonyl (C=O) groups is 1. The van der Waals surface area contributed by atoms with Crippen LogP contribution < -0.4 is 5.32 Å². The van der Waals surface area contributed by atoms with E-state index >= 15 is 0 Å². The first kappa shape index (κ1) is 18.8. The molecule has 2 atom stereocenters. The number of nitriles is 3. The molecule has 0 bridgehead atoms. The number of nitrogens with one attached hydrogen (secondary N) is 1. The fourth-order valence-electron chi connectivity index (χ4n) is 3.04. The van der Waals surface area contributed by atoms with E-state index in [-0.39, 0.29) is 17.9 Å². The summed E-state index contributed by atoms with van der Waals surface area (Å²) in [4.78, 5) is 12.6. The summed E-state index contributed by atoms with van der Waals surface area (Å²) in [6.07, 6.45) is 0. The van der Waals surface area contributed by atoms with Crippen molar-refractivity contribution in [2.75, 3.05) is 6.61 Å². The number of benzene rings is 1. The van der Waals surface area contributed by atoms with Crippen LogP contribution in [0.5, 0.6) is 0 Å². The smallest absolute Gasteiger partial charge is 0.336 e. The summed E-state index contributed by atoms with van der Waals surface area (Å²) >= 11 is 0. The van der Waals surface area contributed by atoms with Crippen LogP contribution in [0.25, 0.3) is 0 Å². The van der Waals surface area contributed by atoms with Crippen molar-refractivity contribution < 1.29 is 9.53 Å². The van der Waals surface area contributed by atoms with E-state index in [0.29, 0.717) is 11.3 Å². The van der Waals surface area contributed by atoms with Gasteiger partial charge in [0, 0.05) is 11.6 Å². The van der Waals surface area contributed by atoms with E-state index in [0.717, 1.165) is 11.1 Å². The summed E-state index contributed by atoms with van der Waals surface area (Å²) in [6.45, 7) is 5.53. The van der Waals surface area contributed by atoms with Gasteiger partial charge in [-0.3, -0.25) is 0 Å². The predicted molar refractivity (Wildman–Crippen MR) is 93.7 cm³/mol. The van der Waals surface area contributed by atoms with Crippen molar-refractivity contribution >= 4 is 5.97 Å². The third-order valence-corrected chi connectivity index (χ3v) is 4.25. The first-order chi connectivity index (χ1) is 12.5. The highest BCUT2D eigenvalue weighted by molar-refractivity contribution is 5.92. The molecule has 6 heteroatoms. The standard InChI is InChI=1S/C20H18N4O2/c1-4-26-20(25)17-13(3)24-19(15(9-21)10-22)16(11-23)18(17)14-7-5-12(2)6-8-14/h5-8,16,18,24H,4H2,1-3H3/t16-,18+/m0/s1. The molecule has 0 aromatic heterocycles. The molecule has 0 aliphatic carbocycles. The van der Waals surface area contributed by atoms with Crippen molar-refractivity contribution in [3.05, 3.63) is 57.9 Å². The Labute approximate surface area is 152 Å². The van der Waals surface area contributed by atoms with Gasteiger partial charge in [0.25, 0.3) is 0 Å². The molecule has 2 rings (SSSR count). The zero-order valence-corrected chi connectivity index (χ0v) is 14.8. The van der Waals surface area contributed by atoms with Crippen molar-refractivity contribution in [1.82, 2.24) is 5.32 Å². The van der Waals surface area contributed by atoms with E-state index in [1.165, 1.54) is 0 Å². The molecular weight excluding hydrogens is 328 g/mol. The van der Waals surface area contributed by atoms with Gasteiger partial charge in [-0.05, 0) is 26.3 Å². The lowest BCUT2D eigenvalue weighted by atomic mass is 9.75. The number of hydrogen-bond acceptors (Lipinski definition) is 6. The molecule has 0 unspecified atom stereocenters. The number of hydrogen-bond donors (Lipinski definition) is 1. The van der Waals surface area contributed by atoms with E-state index in [1.54, 1.807) is 13.8 Å². The monoisotopic (exact) mass is 346 g/mol. The van der Waals surface area contributed by atoms with Gasteiger partial charge in [-0.2, -0.15) is 15.8 Å². The van der Waals surface area contributed by atoms with Crippen LogP contribution in [0.3, 0.4) is 0 Å². The van der Waals surface area contributed by atoms with Gasteiger partial charge in [0.1, 0.15) is 17.7 Å². The lowest BCUT2D eigenvalue weighted by Gasteiger charge is -2.33. The third-order valence-electron chi connectivity index (χ3n) is 4.25. The SMILES string of the molecule is CCOC(=O)C1=C(C)NC(=C(C#N)C#N)[C@@H](C#N)[C@H]1c1ccc(C)cc1. The van der Waals surface area contributed by atoms with Crippen LogP contribution in [-0.4, -0.2) is 12.6 Å². The Morgan fingerprint density at radius 1 is 1.15 bits per heavy atom. The Morgan fingerprint density at radius 2 is 1.77 bits per heavy atom. The Bertz CT molecular complexity index is 889. The predicted octanol–water partition coefficient (Wildman–Crippen LogP) is 2.96. The topological polar surface area (TPSA) is 110 Å². The lowest BCUT2D eigenvalue weighted by Crippen LogP contribution is -2.35. The van der Waals surface area contributed by atoms with Crippen LogP contribution >= 0.6 is 0 Å². The summed E-state index contributed by atoms with van der Waals surface area (Å²) in [5, 5.41) is 31.2. The average molecular weight is 346 g/mol. The Morgan fingerprint density at radius 3 is 2.27 bits per heavy atom. The quantitative estimate of drug-likeness (QED) is 0.665. The van der Waals surface area contributed by atoms with Crippen LogP contribution in [0.15, 0.2) is 46.8 Å². The second-order valence-electron chi connectivity index (χ2n) is 5.89. The number of allylic oxidation sites excluding steroid dienone is 3. The minimum absolute atomic E-state index is 0.170. The molecule has 26 heavy (non-hydrogen) atoms. The van der Waals surface area contributed by atoms with E-state index < -0.39 is 17.8 Å². The highest BCUT2D eigenvalue weighted by atomic mass is 16.5. The van der Waals surface area contributed by atoms with Crippen molar-refractivity contribution in [3.63, 3.8) is 0 Å². The molecule has 1 aliphatic heterocycles. The maximum atomic E-state index is 12.6. The molecular formula is C20H18N4O2. The summed E-state index contributed by atoms with van der Waals surface area (Å²) < 4.78 is 5.18. The van der Waals surface area contributed by atoms with Crippen LogP contribution in [0.2, 0.25) is 0 Å². The van der Waals surface area contributed by atoms with E-state index in [2.05, 4.69) is 11.4 Å². The number of carbonyl (C=O) groups excluding carboxylic acids is 1. The average Bonchev–Trinajstić information content (AvgIpc) is 2.63. The van der Waals surface area contributed by atoms with Gasteiger partial charge in [0.05, 0.1) is 29.9 Å². The number of esters is 1. The zero-order chi connectivity index (χ0) is 19.3. The summed E-state index contributed by atoms with van der Waals surface area (Å²) in [6, 6.07) is 13.3. The molecule has 0 amide bonds. The fourth-order valence-corrected chi connectivity index (χ4v) is 3.04. The van der Waals surface area contributed by atoms with Gasteiger partial charge in [-0.25, -0.2) is 4.79 Å². The maximum Gasteiger partial charge on any atom is 0.336 e. The Kier molecular flexibility index (Phi) is 5.78. The molecule has 0 radical (unpaired) electrons. The van der Waals surface area contributed by atoms with E-state index in [4.69, 9.17) is 4.74 Å². The van der Waals surface area contributed by atoms with Gasteiger partial charge >= 0.3 is 5.97 Å². The lowest BCUT2D eigenvalue weighted by molar-refractivity contribution is -0.139. The van der Waals surface area contributed by atoms with Gasteiger partial charge in [0.2, 0.25) is 0 Å². The Balaban J connectivity index is 2.75. The molecule has 6 nitrogen and oxygen atoms in total. The second-order valence-corrected chi connectivity index (χ2v) is 5.89. The van der Waals surface area contributed by atoms with Crippen LogP contribution in [0, 0.1) is 46.8 Å². The molecule has 0 spiro atoms. The highest BCUT2D eigenvalue weighted by Gasteiger charge is 2.40. The van der Waals surface area contributed by atoms with Crippen molar-refractivity contribution in [3.8, 4) is 18.2 Å². The highest BCUT2D eigenvalue weighted by Crippen LogP contribution is 2.41. The van der Waals surface area contributed by atoms with E-state index in [9.17, 15) is 20.6 Å². The molecule has 1 aliphatic rings. The first-order valence-corrected chi connectivity index (χ1v) is 8.13. The zero-order valence-electron chi connectivity index (χ0n) is 14.8. The van der Waals surface area contributed by atoms with Crippen molar-refractivity contribution in [1.29, 1.82) is 15.8 Å². The van der Waals surface area contributed by atoms with Crippen LogP contribution in [0.1, 0.15) is 30.9 Å². The molecule has 1 aromatic carbocycles. The van der Waals surface area contributed by atoms with Gasteiger partial charge in [0.15, 0.2) is 0 Å². The number of aryl methyl sites for hydroxylation is 1. The summed E-state index contributed by atoms with van der Waals surface area (Å²) in [5.74, 6) is -2.03. The molecule has 1 heterocycles. The van der Waals surface area contributed by atoms with Gasteiger partial charge < -0.3 is 10.1 Å². The minimum Gasteiger partial charge on any atom is -0.463 e. The van der Waals surface area contributed by atoms with Crippen LogP contribution in [0.4, 0.5) is 0 Å². The number of rotatable bonds is 3. The molecule has 130 valence electrons. The van der Waals surface area contributed by atoms with Gasteiger partial charge in [-0.1, -0.05) is 29.8 Å². The van der Waals surface area contributed by atoms with Crippen molar-refractivity contribution in [2.24, 2.45) is 5.92 Å². The van der Waals surface area contributed by atoms with Gasteiger partial charge in [-0.15, -0.1) is 0 Å². The van der Waals surface area contributed by atoms with E-state index in [1.807, 2.05) is 43.3 Å². The van der Waals surface area contributed by atoms with Crippen LogP contribution in [-0.2, 0) is 9.53 Å². The number of ether oxygens (including phenoxy) is 1. The normalized spacial score (nSPS) is 18.8. The molecule has 1 aromatic rings. The first-order valence-electron chi connectivity index (χ1n) is 8.13. The maximum absolute atomic E-state index is 12.6. The molecule has 0 fully saturated rings. The number of nitrogens with zero attached hydrogens (tertiary/aromatic N) is 3. The third kappa shape index (κ3) is 3.43. The minimum atomic E-state index is -0.880. The largest absolute Gasteiger partial charge is 0.463 e. The Hall–Kier alpha value is -3.56. The fraction of sp³-hybridized carbons (Fsp3) is 0.300. The second kappa shape index (κ2) is 8.01. The molecule has 0 saturated heterocycles. The van der Waals surface area contributed by atoms with Crippen molar-refractivity contribution in [2.45, 2.75) is 26.7 Å².